The van der Waals surface area contributed by atoms with Crippen molar-refractivity contribution in [1.29, 1.82) is 0 Å². The van der Waals surface area contributed by atoms with Crippen LogP contribution in [-0.4, -0.2) is 35.7 Å². The van der Waals surface area contributed by atoms with Crippen LogP contribution in [0.4, 0.5) is 0 Å². The minimum Gasteiger partial charge on any atom is -0.493 e. The largest absolute Gasteiger partial charge is 0.493 e. The third-order valence-electron chi connectivity index (χ3n) is 4.11. The number of fused-ring (bicyclic) bond motifs is 2. The molecule has 0 bridgehead atoms. The summed E-state index contributed by atoms with van der Waals surface area (Å²) in [5.41, 5.74) is 4.63. The summed E-state index contributed by atoms with van der Waals surface area (Å²) in [5.74, 6) is 1.66. The molecule has 24 heavy (non-hydrogen) atoms. The van der Waals surface area contributed by atoms with Crippen LogP contribution in [0.5, 0.6) is 11.5 Å². The van der Waals surface area contributed by atoms with Gasteiger partial charge in [0.05, 0.1) is 12.3 Å². The van der Waals surface area contributed by atoms with Gasteiger partial charge in [-0.25, -0.2) is 0 Å². The van der Waals surface area contributed by atoms with Gasteiger partial charge in [0.15, 0.2) is 12.4 Å². The van der Waals surface area contributed by atoms with Crippen molar-refractivity contribution in [3.05, 3.63) is 33.0 Å². The molecule has 0 aliphatic carbocycles. The lowest BCUT2D eigenvalue weighted by Gasteiger charge is -2.16. The molecule has 0 fully saturated rings. The fraction of sp³-hybridized carbons (Fsp3) is 0.294. The molecule has 1 N–H and O–H groups in total. The van der Waals surface area contributed by atoms with Crippen LogP contribution < -0.4 is 9.47 Å². The Labute approximate surface area is 152 Å². The number of H-pyrrole nitrogens is 1. The Morgan fingerprint density at radius 1 is 1.33 bits per heavy atom. The number of hydrogen-bond acceptors (Lipinski definition) is 5. The second-order valence-corrected chi connectivity index (χ2v) is 6.81. The molecule has 0 unspecified atom stereocenters. The van der Waals surface area contributed by atoms with Gasteiger partial charge in [-0.2, -0.15) is 0 Å². The van der Waals surface area contributed by atoms with Crippen molar-refractivity contribution >= 4 is 33.6 Å². The second kappa shape index (κ2) is 6.21. The zero-order chi connectivity index (χ0) is 16.7. The highest BCUT2D eigenvalue weighted by atomic mass is 127. The zero-order valence-corrected chi connectivity index (χ0v) is 15.5. The summed E-state index contributed by atoms with van der Waals surface area (Å²) < 4.78 is 17.8. The Morgan fingerprint density at radius 3 is 3.04 bits per heavy atom. The quantitative estimate of drug-likeness (QED) is 0.500. The van der Waals surface area contributed by atoms with Crippen LogP contribution in [0.1, 0.15) is 11.1 Å². The van der Waals surface area contributed by atoms with Gasteiger partial charge in [-0.1, -0.05) is 0 Å². The van der Waals surface area contributed by atoms with E-state index in [9.17, 15) is 0 Å². The van der Waals surface area contributed by atoms with Crippen molar-refractivity contribution in [2.75, 3.05) is 20.5 Å². The standard InChI is InChI=1S/C17H16IN3O3/c1-9-5-14-10(3-4-23-14)16(24-8-22-2)15(9)13-6-11-12(18)7-19-17(11)21-20-13/h5-7H,3-4,8H2,1-2H3,(H,19,21). The van der Waals surface area contributed by atoms with Crippen molar-refractivity contribution in [1.82, 2.24) is 15.2 Å². The highest BCUT2D eigenvalue weighted by Crippen LogP contribution is 2.43. The van der Waals surface area contributed by atoms with Gasteiger partial charge in [-0.3, -0.25) is 0 Å². The van der Waals surface area contributed by atoms with E-state index in [0.717, 1.165) is 54.9 Å². The molecule has 2 aromatic heterocycles. The molecule has 1 aliphatic heterocycles. The van der Waals surface area contributed by atoms with Gasteiger partial charge >= 0.3 is 0 Å². The first kappa shape index (κ1) is 15.6. The number of hydrogen-bond donors (Lipinski definition) is 1. The third-order valence-corrected chi connectivity index (χ3v) is 5.01. The normalized spacial score (nSPS) is 13.1. The number of ether oxygens (including phenoxy) is 3. The summed E-state index contributed by atoms with van der Waals surface area (Å²) >= 11 is 2.29. The molecule has 0 atom stereocenters. The molecule has 0 saturated carbocycles. The summed E-state index contributed by atoms with van der Waals surface area (Å²) in [6.07, 6.45) is 2.74. The van der Waals surface area contributed by atoms with Crippen molar-refractivity contribution in [3.63, 3.8) is 0 Å². The van der Waals surface area contributed by atoms with Gasteiger partial charge in [0.1, 0.15) is 11.5 Å². The molecule has 3 aromatic rings. The number of benzene rings is 1. The lowest BCUT2D eigenvalue weighted by atomic mass is 9.98. The van der Waals surface area contributed by atoms with Gasteiger partial charge in [0, 0.05) is 39.8 Å². The second-order valence-electron chi connectivity index (χ2n) is 5.65. The van der Waals surface area contributed by atoms with Crippen molar-refractivity contribution in [3.8, 4) is 22.8 Å². The first-order chi connectivity index (χ1) is 11.7. The number of aromatic nitrogens is 3. The van der Waals surface area contributed by atoms with E-state index in [0.29, 0.717) is 6.61 Å². The fourth-order valence-electron chi connectivity index (χ4n) is 3.03. The molecule has 6 nitrogen and oxygen atoms in total. The smallest absolute Gasteiger partial charge is 0.188 e. The SMILES string of the molecule is COCOc1c2c(cc(C)c1-c1cc3c(I)c[nH]c3nn1)OCC2. The Bertz CT molecular complexity index is 923. The maximum atomic E-state index is 5.91. The predicted molar refractivity (Wildman–Crippen MR) is 98.5 cm³/mol. The third kappa shape index (κ3) is 2.51. The average molecular weight is 437 g/mol. The first-order valence-corrected chi connectivity index (χ1v) is 8.68. The zero-order valence-electron chi connectivity index (χ0n) is 13.4. The highest BCUT2D eigenvalue weighted by Gasteiger charge is 2.25. The molecule has 0 radical (unpaired) electrons. The molecule has 3 heterocycles. The number of methoxy groups -OCH3 is 1. The van der Waals surface area contributed by atoms with Crippen molar-refractivity contribution < 1.29 is 14.2 Å². The van der Waals surface area contributed by atoms with Crippen LogP contribution in [0.15, 0.2) is 18.3 Å². The van der Waals surface area contributed by atoms with E-state index in [1.807, 2.05) is 25.3 Å². The molecular formula is C17H16IN3O3. The number of aryl methyl sites for hydroxylation is 1. The van der Waals surface area contributed by atoms with E-state index < -0.39 is 0 Å². The van der Waals surface area contributed by atoms with E-state index in [4.69, 9.17) is 14.2 Å². The number of rotatable bonds is 4. The number of halogens is 1. The van der Waals surface area contributed by atoms with Crippen molar-refractivity contribution in [2.45, 2.75) is 13.3 Å². The van der Waals surface area contributed by atoms with Crippen LogP contribution in [0.25, 0.3) is 22.3 Å². The fourth-order valence-corrected chi connectivity index (χ4v) is 3.60. The van der Waals surface area contributed by atoms with Gasteiger partial charge in [0.25, 0.3) is 0 Å². The van der Waals surface area contributed by atoms with Crippen molar-refractivity contribution in [2.24, 2.45) is 0 Å². The summed E-state index contributed by atoms with van der Waals surface area (Å²) in [7, 11) is 1.61. The summed E-state index contributed by atoms with van der Waals surface area (Å²) in [4.78, 5) is 3.12. The van der Waals surface area contributed by atoms with Crippen LogP contribution in [0.3, 0.4) is 0 Å². The Morgan fingerprint density at radius 2 is 2.21 bits per heavy atom. The topological polar surface area (TPSA) is 69.3 Å². The van der Waals surface area contributed by atoms with Crippen LogP contribution in [-0.2, 0) is 11.2 Å². The van der Waals surface area contributed by atoms with Gasteiger partial charge in [-0.15, -0.1) is 10.2 Å². The maximum absolute atomic E-state index is 5.91. The number of nitrogens with one attached hydrogen (secondary N) is 1. The molecule has 0 amide bonds. The summed E-state index contributed by atoms with van der Waals surface area (Å²) in [6, 6.07) is 4.09. The van der Waals surface area contributed by atoms with E-state index in [1.54, 1.807) is 7.11 Å². The van der Waals surface area contributed by atoms with Gasteiger partial charge in [-0.05, 0) is 47.2 Å². The molecule has 7 heteroatoms. The molecule has 1 aliphatic rings. The summed E-state index contributed by atoms with van der Waals surface area (Å²) in [5, 5.41) is 9.76. The summed E-state index contributed by atoms with van der Waals surface area (Å²) in [6.45, 7) is 2.88. The Balaban J connectivity index is 1.93. The first-order valence-electron chi connectivity index (χ1n) is 7.60. The van der Waals surface area contributed by atoms with E-state index >= 15 is 0 Å². The number of aromatic amines is 1. The van der Waals surface area contributed by atoms with E-state index in [2.05, 4.69) is 37.8 Å². The molecule has 1 aromatic carbocycles. The van der Waals surface area contributed by atoms with Gasteiger partial charge in [0.2, 0.25) is 0 Å². The molecule has 0 saturated heterocycles. The van der Waals surface area contributed by atoms with E-state index in [-0.39, 0.29) is 6.79 Å². The van der Waals surface area contributed by atoms with Crippen LogP contribution >= 0.6 is 22.6 Å². The monoisotopic (exact) mass is 437 g/mol. The Kier molecular flexibility index (Phi) is 4.05. The lowest BCUT2D eigenvalue weighted by molar-refractivity contribution is 0.0509. The molecule has 4 rings (SSSR count). The van der Waals surface area contributed by atoms with Gasteiger partial charge < -0.3 is 19.2 Å². The van der Waals surface area contributed by atoms with E-state index in [1.165, 1.54) is 0 Å². The molecule has 0 spiro atoms. The molecule has 124 valence electrons. The maximum Gasteiger partial charge on any atom is 0.188 e. The minimum atomic E-state index is 0.181. The molecular weight excluding hydrogens is 421 g/mol. The average Bonchev–Trinajstić information content (AvgIpc) is 3.19. The Hall–Kier alpha value is -1.87. The predicted octanol–water partition coefficient (Wildman–Crippen LogP) is 3.46. The van der Waals surface area contributed by atoms with Crippen LogP contribution in [0.2, 0.25) is 0 Å². The minimum absolute atomic E-state index is 0.181. The lowest BCUT2D eigenvalue weighted by Crippen LogP contribution is -2.04. The number of nitrogens with zero attached hydrogens (tertiary/aromatic N) is 2. The highest BCUT2D eigenvalue weighted by molar-refractivity contribution is 14.1. The van der Waals surface area contributed by atoms with Crippen LogP contribution in [0, 0.1) is 10.5 Å².